The zero-order chi connectivity index (χ0) is 28.4. The van der Waals surface area contributed by atoms with Crippen LogP contribution in [0.3, 0.4) is 0 Å². The van der Waals surface area contributed by atoms with Gasteiger partial charge in [0.2, 0.25) is 11.7 Å². The van der Waals surface area contributed by atoms with E-state index in [0.717, 1.165) is 0 Å². The van der Waals surface area contributed by atoms with E-state index in [9.17, 15) is 14.4 Å². The van der Waals surface area contributed by atoms with Crippen molar-refractivity contribution in [2.75, 3.05) is 11.9 Å². The van der Waals surface area contributed by atoms with Gasteiger partial charge in [0.25, 0.3) is 0 Å². The Morgan fingerprint density at radius 2 is 1.46 bits per heavy atom. The molecular weight excluding hydrogens is 502 g/mol. The molecule has 3 rings (SSSR count). The van der Waals surface area contributed by atoms with Crippen molar-refractivity contribution in [3.8, 4) is 0 Å². The zero-order valence-corrected chi connectivity index (χ0v) is 22.3. The number of pyridine rings is 1. The Hall–Kier alpha value is -4.14. The molecule has 2 aromatic carbocycles. The van der Waals surface area contributed by atoms with Crippen LogP contribution in [-0.2, 0) is 22.4 Å². The molecule has 0 fully saturated rings. The van der Waals surface area contributed by atoms with Gasteiger partial charge in [-0.2, -0.15) is 8.78 Å². The molecule has 39 heavy (non-hydrogen) atoms. The van der Waals surface area contributed by atoms with Crippen molar-refractivity contribution in [1.82, 2.24) is 15.6 Å². The fraction of sp³-hybridized carbons (Fsp3) is 0.333. The maximum absolute atomic E-state index is 15.2. The number of aromatic nitrogens is 1. The van der Waals surface area contributed by atoms with Crippen LogP contribution in [0.15, 0.2) is 85.1 Å². The molecule has 0 aliphatic rings. The summed E-state index contributed by atoms with van der Waals surface area (Å²) in [6, 6.07) is 19.3. The second kappa shape index (κ2) is 13.6. The zero-order valence-electron chi connectivity index (χ0n) is 22.3. The van der Waals surface area contributed by atoms with Crippen LogP contribution in [0.4, 0.5) is 19.4 Å². The molecule has 0 saturated heterocycles. The van der Waals surface area contributed by atoms with Crippen molar-refractivity contribution in [3.05, 3.63) is 96.2 Å². The number of alkyl halides is 2. The number of anilines is 1. The van der Waals surface area contributed by atoms with E-state index in [1.807, 2.05) is 0 Å². The second-order valence-corrected chi connectivity index (χ2v) is 9.72. The fourth-order valence-corrected chi connectivity index (χ4v) is 4.07. The number of rotatable bonds is 12. The number of carbonyl (C=O) groups excluding carboxylic acids is 3. The Labute approximate surface area is 227 Å². The summed E-state index contributed by atoms with van der Waals surface area (Å²) in [5.74, 6) is -5.78. The molecule has 2 N–H and O–H groups in total. The number of amides is 3. The molecule has 0 bridgehead atoms. The third-order valence-corrected chi connectivity index (χ3v) is 6.37. The van der Waals surface area contributed by atoms with Gasteiger partial charge in [-0.3, -0.25) is 14.5 Å². The lowest BCUT2D eigenvalue weighted by atomic mass is 9.94. The fourth-order valence-electron chi connectivity index (χ4n) is 4.07. The number of urea groups is 1. The number of benzene rings is 2. The molecule has 0 unspecified atom stereocenters. The standard InChI is InChI=1S/C30H34F2N4O3/c1-21(2)26(35-29(39)36(3)25-16-10-11-19-33-25)28(38)34-24(20-23-14-8-5-9-15-23)27(37)30(31,32)18-17-22-12-6-4-7-13-22/h4-16,19,21,24,26H,17-18,20H2,1-3H3,(H,34,38)(H,35,39)/t24-,26-/m0/s1. The Kier molecular flexibility index (Phi) is 10.3. The highest BCUT2D eigenvalue weighted by molar-refractivity contribution is 5.97. The summed E-state index contributed by atoms with van der Waals surface area (Å²) < 4.78 is 30.4. The number of carbonyl (C=O) groups is 3. The SMILES string of the molecule is CC(C)[C@H](NC(=O)N(C)c1ccccn1)C(=O)N[C@@H](Cc1ccccc1)C(=O)C(F)(F)CCc1ccccc1. The summed E-state index contributed by atoms with van der Waals surface area (Å²) in [6.07, 6.45) is 0.745. The molecule has 0 aliphatic heterocycles. The van der Waals surface area contributed by atoms with Crippen molar-refractivity contribution in [2.24, 2.45) is 5.92 Å². The van der Waals surface area contributed by atoms with E-state index < -0.39 is 48.1 Å². The van der Waals surface area contributed by atoms with Gasteiger partial charge in [0.1, 0.15) is 11.9 Å². The Bertz CT molecular complexity index is 1220. The first-order chi connectivity index (χ1) is 18.6. The predicted octanol–water partition coefficient (Wildman–Crippen LogP) is 4.82. The minimum atomic E-state index is -3.67. The molecule has 1 heterocycles. The summed E-state index contributed by atoms with van der Waals surface area (Å²) in [6.45, 7) is 3.43. The van der Waals surface area contributed by atoms with Crippen LogP contribution in [0, 0.1) is 5.92 Å². The third-order valence-electron chi connectivity index (χ3n) is 6.37. The van der Waals surface area contributed by atoms with Crippen LogP contribution < -0.4 is 15.5 Å². The number of ketones is 1. The highest BCUT2D eigenvalue weighted by atomic mass is 19.3. The third kappa shape index (κ3) is 8.43. The number of nitrogens with one attached hydrogen (secondary N) is 2. The second-order valence-electron chi connectivity index (χ2n) is 9.72. The number of Topliss-reactive ketones (excluding diaryl/α,β-unsaturated/α-hetero) is 1. The Morgan fingerprint density at radius 1 is 0.872 bits per heavy atom. The highest BCUT2D eigenvalue weighted by Gasteiger charge is 2.43. The lowest BCUT2D eigenvalue weighted by molar-refractivity contribution is -0.148. The molecule has 0 aliphatic carbocycles. The lowest BCUT2D eigenvalue weighted by Gasteiger charge is -2.28. The van der Waals surface area contributed by atoms with Crippen molar-refractivity contribution in [1.29, 1.82) is 0 Å². The summed E-state index contributed by atoms with van der Waals surface area (Å²) >= 11 is 0. The van der Waals surface area contributed by atoms with Crippen LogP contribution in [0.5, 0.6) is 0 Å². The number of aryl methyl sites for hydroxylation is 1. The molecule has 9 heteroatoms. The van der Waals surface area contributed by atoms with Crippen LogP contribution >= 0.6 is 0 Å². The number of hydrogen-bond acceptors (Lipinski definition) is 4. The van der Waals surface area contributed by atoms with Gasteiger partial charge in [-0.05, 0) is 42.0 Å². The first-order valence-electron chi connectivity index (χ1n) is 12.8. The largest absolute Gasteiger partial charge is 0.344 e. The maximum Gasteiger partial charge on any atom is 0.323 e. The van der Waals surface area contributed by atoms with Crippen molar-refractivity contribution in [3.63, 3.8) is 0 Å². The number of nitrogens with zero attached hydrogens (tertiary/aromatic N) is 2. The first kappa shape index (κ1) is 29.4. The van der Waals surface area contributed by atoms with Crippen LogP contribution in [0.25, 0.3) is 0 Å². The van der Waals surface area contributed by atoms with E-state index in [1.165, 1.54) is 18.1 Å². The van der Waals surface area contributed by atoms with E-state index >= 15 is 8.78 Å². The summed E-state index contributed by atoms with van der Waals surface area (Å²) in [5.41, 5.74) is 1.31. The van der Waals surface area contributed by atoms with E-state index in [2.05, 4.69) is 15.6 Å². The number of hydrogen-bond donors (Lipinski definition) is 2. The minimum absolute atomic E-state index is 0.0100. The minimum Gasteiger partial charge on any atom is -0.344 e. The smallest absolute Gasteiger partial charge is 0.323 e. The average molecular weight is 537 g/mol. The molecule has 3 aromatic rings. The van der Waals surface area contributed by atoms with Crippen molar-refractivity contribution < 1.29 is 23.2 Å². The number of halogens is 2. The van der Waals surface area contributed by atoms with Gasteiger partial charge < -0.3 is 10.6 Å². The van der Waals surface area contributed by atoms with Gasteiger partial charge in [0.15, 0.2) is 0 Å². The molecule has 3 amide bonds. The van der Waals surface area contributed by atoms with Crippen molar-refractivity contribution >= 4 is 23.5 Å². The van der Waals surface area contributed by atoms with Gasteiger partial charge in [0, 0.05) is 19.7 Å². The Morgan fingerprint density at radius 3 is 2.03 bits per heavy atom. The van der Waals surface area contributed by atoms with Gasteiger partial charge in [-0.1, -0.05) is 80.6 Å². The molecule has 0 saturated carbocycles. The van der Waals surface area contributed by atoms with Gasteiger partial charge >= 0.3 is 12.0 Å². The topological polar surface area (TPSA) is 91.4 Å². The lowest BCUT2D eigenvalue weighted by Crippen LogP contribution is -2.57. The quantitative estimate of drug-likeness (QED) is 0.347. The predicted molar refractivity (Wildman–Crippen MR) is 147 cm³/mol. The molecule has 206 valence electrons. The van der Waals surface area contributed by atoms with Crippen LogP contribution in [0.1, 0.15) is 31.4 Å². The van der Waals surface area contributed by atoms with E-state index in [1.54, 1.807) is 92.7 Å². The van der Waals surface area contributed by atoms with Gasteiger partial charge in [-0.25, -0.2) is 9.78 Å². The van der Waals surface area contributed by atoms with Gasteiger partial charge in [-0.15, -0.1) is 0 Å². The molecule has 7 nitrogen and oxygen atoms in total. The van der Waals surface area contributed by atoms with Crippen LogP contribution in [0.2, 0.25) is 0 Å². The normalized spacial score (nSPS) is 12.9. The average Bonchev–Trinajstić information content (AvgIpc) is 2.94. The molecular formula is C30H34F2N4O3. The Balaban J connectivity index is 1.77. The first-order valence-corrected chi connectivity index (χ1v) is 12.8. The molecule has 1 aromatic heterocycles. The summed E-state index contributed by atoms with van der Waals surface area (Å²) in [5, 5.41) is 5.16. The van der Waals surface area contributed by atoms with E-state index in [-0.39, 0.29) is 12.8 Å². The van der Waals surface area contributed by atoms with Gasteiger partial charge in [0.05, 0.1) is 6.04 Å². The van der Waals surface area contributed by atoms with Crippen molar-refractivity contribution in [2.45, 2.75) is 51.1 Å². The molecule has 0 spiro atoms. The van der Waals surface area contributed by atoms with E-state index in [4.69, 9.17) is 0 Å². The molecule has 2 atom stereocenters. The monoisotopic (exact) mass is 536 g/mol. The maximum atomic E-state index is 15.2. The summed E-state index contributed by atoms with van der Waals surface area (Å²) in [4.78, 5) is 44.7. The summed E-state index contributed by atoms with van der Waals surface area (Å²) in [7, 11) is 1.50. The molecule has 0 radical (unpaired) electrons. The van der Waals surface area contributed by atoms with Crippen LogP contribution in [-0.4, -0.2) is 47.8 Å². The van der Waals surface area contributed by atoms with E-state index in [0.29, 0.717) is 16.9 Å². The highest BCUT2D eigenvalue weighted by Crippen LogP contribution is 2.25.